The van der Waals surface area contributed by atoms with Gasteiger partial charge in [0.05, 0.1) is 6.34 Å². The number of nitrogens with two attached hydrogens (primary N) is 1. The third kappa shape index (κ3) is 1.45. The van der Waals surface area contributed by atoms with Crippen LogP contribution in [-0.2, 0) is 0 Å². The Hall–Kier alpha value is -1.58. The van der Waals surface area contributed by atoms with Gasteiger partial charge < -0.3 is 10.7 Å². The molecule has 0 bridgehead atoms. The highest BCUT2D eigenvalue weighted by molar-refractivity contribution is 5.56. The summed E-state index contributed by atoms with van der Waals surface area (Å²) in [5.41, 5.74) is 4.91. The number of rotatable bonds is 1. The molecule has 0 saturated heterocycles. The lowest BCUT2D eigenvalue weighted by molar-refractivity contribution is 1.26. The van der Waals surface area contributed by atoms with Crippen molar-refractivity contribution >= 4 is 12.2 Å². The maximum Gasteiger partial charge on any atom is 0.183 e. The number of nitrogens with zero attached hydrogens (tertiary/aromatic N) is 1. The Morgan fingerprint density at radius 1 is 1.70 bits per heavy atom. The zero-order chi connectivity index (χ0) is 7.40. The molecule has 10 heavy (non-hydrogen) atoms. The quantitative estimate of drug-likeness (QED) is 0.422. The zero-order valence-electron chi connectivity index (χ0n) is 5.24. The smallest absolute Gasteiger partial charge is 0.183 e. The normalized spacial score (nSPS) is 10.4. The van der Waals surface area contributed by atoms with Crippen molar-refractivity contribution in [2.75, 3.05) is 0 Å². The van der Waals surface area contributed by atoms with Gasteiger partial charge in [0, 0.05) is 18.3 Å². The maximum absolute atomic E-state index is 10.6. The summed E-state index contributed by atoms with van der Waals surface area (Å²) in [4.78, 5) is 17.0. The fourth-order valence-electron chi connectivity index (χ4n) is 0.589. The molecule has 0 aliphatic carbocycles. The third-order valence-electron chi connectivity index (χ3n) is 0.971. The van der Waals surface area contributed by atoms with E-state index in [2.05, 4.69) is 9.98 Å². The van der Waals surface area contributed by atoms with E-state index in [0.717, 1.165) is 6.34 Å². The summed E-state index contributed by atoms with van der Waals surface area (Å²) in [6, 6.07) is 2.78. The van der Waals surface area contributed by atoms with E-state index in [9.17, 15) is 4.79 Å². The van der Waals surface area contributed by atoms with Gasteiger partial charge in [0.25, 0.3) is 0 Å². The fraction of sp³-hybridized carbons (Fsp3) is 0. The van der Waals surface area contributed by atoms with E-state index < -0.39 is 0 Å². The number of aromatic amines is 1. The standard InChI is InChI=1S/C6H7N3O/c7-4-9-6-3-5(10)1-2-8-6/h1-4H,(H3,7,8,9,10). The van der Waals surface area contributed by atoms with E-state index in [1.54, 1.807) is 0 Å². The number of hydrogen-bond acceptors (Lipinski definition) is 2. The molecule has 1 heterocycles. The van der Waals surface area contributed by atoms with Gasteiger partial charge in [-0.05, 0) is 0 Å². The molecule has 4 nitrogen and oxygen atoms in total. The minimum Gasteiger partial charge on any atom is -0.390 e. The lowest BCUT2D eigenvalue weighted by Gasteiger charge is -1.87. The lowest BCUT2D eigenvalue weighted by atomic mass is 10.4. The van der Waals surface area contributed by atoms with Crippen molar-refractivity contribution in [3.63, 3.8) is 0 Å². The van der Waals surface area contributed by atoms with Crippen LogP contribution in [0.3, 0.4) is 0 Å². The molecule has 0 atom stereocenters. The largest absolute Gasteiger partial charge is 0.390 e. The Morgan fingerprint density at radius 2 is 2.50 bits per heavy atom. The summed E-state index contributed by atoms with van der Waals surface area (Å²) in [6.45, 7) is 0. The molecule has 0 unspecified atom stereocenters. The Labute approximate surface area is 57.4 Å². The highest BCUT2D eigenvalue weighted by atomic mass is 16.1. The van der Waals surface area contributed by atoms with E-state index in [4.69, 9.17) is 5.73 Å². The molecule has 0 fully saturated rings. The first kappa shape index (κ1) is 6.54. The summed E-state index contributed by atoms with van der Waals surface area (Å²) in [5.74, 6) is 0.468. The lowest BCUT2D eigenvalue weighted by Crippen LogP contribution is -1.96. The van der Waals surface area contributed by atoms with Crippen LogP contribution < -0.4 is 11.2 Å². The molecule has 0 radical (unpaired) electrons. The number of pyridine rings is 1. The second-order valence-corrected chi connectivity index (χ2v) is 1.69. The average Bonchev–Trinajstić information content (AvgIpc) is 1.88. The van der Waals surface area contributed by atoms with E-state index in [-0.39, 0.29) is 5.43 Å². The van der Waals surface area contributed by atoms with Gasteiger partial charge in [-0.15, -0.1) is 0 Å². The van der Waals surface area contributed by atoms with Crippen LogP contribution in [0.15, 0.2) is 28.1 Å². The van der Waals surface area contributed by atoms with Crippen LogP contribution in [0.25, 0.3) is 0 Å². The molecule has 0 spiro atoms. The first-order chi connectivity index (χ1) is 4.83. The molecule has 1 rings (SSSR count). The predicted molar refractivity (Wildman–Crippen MR) is 39.4 cm³/mol. The van der Waals surface area contributed by atoms with Gasteiger partial charge in [-0.25, -0.2) is 4.99 Å². The third-order valence-corrected chi connectivity index (χ3v) is 0.971. The number of hydrogen-bond donors (Lipinski definition) is 2. The van der Waals surface area contributed by atoms with Crippen molar-refractivity contribution in [1.82, 2.24) is 4.98 Å². The number of H-pyrrole nitrogens is 1. The molecule has 4 heteroatoms. The summed E-state index contributed by atoms with van der Waals surface area (Å²) in [7, 11) is 0. The first-order valence-corrected chi connectivity index (χ1v) is 2.76. The first-order valence-electron chi connectivity index (χ1n) is 2.76. The molecule has 1 aromatic heterocycles. The minimum absolute atomic E-state index is 0.0839. The van der Waals surface area contributed by atoms with Gasteiger partial charge in [-0.1, -0.05) is 0 Å². The molecular formula is C6H7N3O. The summed E-state index contributed by atoms with van der Waals surface area (Å²) < 4.78 is 0. The van der Waals surface area contributed by atoms with Gasteiger partial charge in [-0.2, -0.15) is 0 Å². The summed E-state index contributed by atoms with van der Waals surface area (Å²) in [5, 5.41) is 0. The molecular weight excluding hydrogens is 130 g/mol. The van der Waals surface area contributed by atoms with Crippen molar-refractivity contribution in [3.05, 3.63) is 28.6 Å². The van der Waals surface area contributed by atoms with Gasteiger partial charge in [-0.3, -0.25) is 4.79 Å². The number of aromatic nitrogens is 1. The predicted octanol–water partition coefficient (Wildman–Crippen LogP) is -0.00660. The Bertz CT molecular complexity index is 289. The van der Waals surface area contributed by atoms with Crippen LogP contribution >= 0.6 is 0 Å². The van der Waals surface area contributed by atoms with Crippen molar-refractivity contribution in [2.24, 2.45) is 10.7 Å². The second kappa shape index (κ2) is 2.82. The van der Waals surface area contributed by atoms with Crippen LogP contribution in [0, 0.1) is 0 Å². The van der Waals surface area contributed by atoms with E-state index in [1.807, 2.05) is 0 Å². The number of nitrogens with one attached hydrogen (secondary N) is 1. The van der Waals surface area contributed by atoms with E-state index >= 15 is 0 Å². The molecule has 3 N–H and O–H groups in total. The monoisotopic (exact) mass is 137 g/mol. The van der Waals surface area contributed by atoms with Gasteiger partial charge in [0.2, 0.25) is 0 Å². The topological polar surface area (TPSA) is 71.2 Å². The maximum atomic E-state index is 10.6. The minimum atomic E-state index is -0.0839. The Kier molecular flexibility index (Phi) is 1.84. The SMILES string of the molecule is N/C=N\c1cc(=O)cc[nH]1. The highest BCUT2D eigenvalue weighted by Gasteiger charge is 1.85. The fourth-order valence-corrected chi connectivity index (χ4v) is 0.589. The number of aliphatic imine (C=N–C) groups is 1. The van der Waals surface area contributed by atoms with E-state index in [1.165, 1.54) is 18.3 Å². The van der Waals surface area contributed by atoms with Crippen LogP contribution in [0.2, 0.25) is 0 Å². The zero-order valence-corrected chi connectivity index (χ0v) is 5.24. The summed E-state index contributed by atoms with van der Waals surface area (Å²) >= 11 is 0. The summed E-state index contributed by atoms with van der Waals surface area (Å²) in [6.07, 6.45) is 2.65. The van der Waals surface area contributed by atoms with Gasteiger partial charge >= 0.3 is 0 Å². The van der Waals surface area contributed by atoms with Crippen molar-refractivity contribution in [2.45, 2.75) is 0 Å². The Balaban J connectivity index is 3.07. The van der Waals surface area contributed by atoms with Gasteiger partial charge in [0.1, 0.15) is 5.82 Å². The van der Waals surface area contributed by atoms with Crippen molar-refractivity contribution in [3.8, 4) is 0 Å². The second-order valence-electron chi connectivity index (χ2n) is 1.69. The highest BCUT2D eigenvalue weighted by Crippen LogP contribution is 1.98. The molecule has 0 amide bonds. The molecule has 0 aromatic carbocycles. The molecule has 1 aromatic rings. The molecule has 0 aliphatic heterocycles. The molecule has 0 saturated carbocycles. The Morgan fingerprint density at radius 3 is 3.10 bits per heavy atom. The molecule has 0 aliphatic rings. The average molecular weight is 137 g/mol. The van der Waals surface area contributed by atoms with Crippen molar-refractivity contribution in [1.29, 1.82) is 0 Å². The van der Waals surface area contributed by atoms with Crippen LogP contribution in [0.4, 0.5) is 5.82 Å². The van der Waals surface area contributed by atoms with Crippen LogP contribution in [-0.4, -0.2) is 11.3 Å². The van der Waals surface area contributed by atoms with Gasteiger partial charge in [0.15, 0.2) is 5.43 Å². The van der Waals surface area contributed by atoms with Crippen molar-refractivity contribution < 1.29 is 0 Å². The molecule has 52 valence electrons. The van der Waals surface area contributed by atoms with E-state index in [0.29, 0.717) is 5.82 Å². The van der Waals surface area contributed by atoms with Crippen LogP contribution in [0.5, 0.6) is 0 Å². The van der Waals surface area contributed by atoms with Crippen LogP contribution in [0.1, 0.15) is 0 Å².